The van der Waals surface area contributed by atoms with Gasteiger partial charge in [-0.15, -0.1) is 0 Å². The molecule has 0 aliphatic heterocycles. The second-order valence-electron chi connectivity index (χ2n) is 3.16. The van der Waals surface area contributed by atoms with Gasteiger partial charge in [0.25, 0.3) is 0 Å². The number of aromatic nitrogens is 1. The van der Waals surface area contributed by atoms with E-state index in [2.05, 4.69) is 10.3 Å². The fraction of sp³-hybridized carbons (Fsp3) is 0.400. The number of halogens is 1. The maximum atomic E-state index is 11.4. The topological polar surface area (TPSA) is 42.0 Å². The Hall–Kier alpha value is -1.09. The van der Waals surface area contributed by atoms with Crippen molar-refractivity contribution in [3.63, 3.8) is 0 Å². The highest BCUT2D eigenvalue weighted by atomic mass is 35.5. The van der Waals surface area contributed by atoms with Crippen LogP contribution in [0.5, 0.6) is 0 Å². The molecule has 0 spiro atoms. The minimum atomic E-state index is -0.0117. The largest absolute Gasteiger partial charge is 0.310 e. The van der Waals surface area contributed by atoms with Crippen LogP contribution in [-0.4, -0.2) is 10.9 Å². The van der Waals surface area contributed by atoms with Gasteiger partial charge in [-0.05, 0) is 18.6 Å². The van der Waals surface area contributed by atoms with E-state index in [1.165, 1.54) is 6.20 Å². The Labute approximate surface area is 88.5 Å². The summed E-state index contributed by atoms with van der Waals surface area (Å²) in [5.74, 6) is 0.537. The first kappa shape index (κ1) is 11.0. The van der Waals surface area contributed by atoms with Gasteiger partial charge in [-0.25, -0.2) is 4.98 Å². The number of hydrogen-bond acceptors (Lipinski definition) is 2. The average Bonchev–Trinajstić information content (AvgIpc) is 2.20. The summed E-state index contributed by atoms with van der Waals surface area (Å²) in [4.78, 5) is 15.4. The van der Waals surface area contributed by atoms with Crippen LogP contribution in [-0.2, 0) is 4.79 Å². The van der Waals surface area contributed by atoms with Gasteiger partial charge in [-0.3, -0.25) is 4.79 Å². The Bertz CT molecular complexity index is 310. The normalized spacial score (nSPS) is 12.2. The molecule has 76 valence electrons. The molecule has 1 unspecified atom stereocenters. The molecule has 0 radical (unpaired) electrons. The van der Waals surface area contributed by atoms with Crippen LogP contribution in [0.1, 0.15) is 20.3 Å². The van der Waals surface area contributed by atoms with Crippen LogP contribution in [0.2, 0.25) is 5.02 Å². The van der Waals surface area contributed by atoms with Crippen LogP contribution >= 0.6 is 11.6 Å². The number of carbonyl (C=O) groups is 1. The lowest BCUT2D eigenvalue weighted by atomic mass is 10.1. The zero-order valence-electron chi connectivity index (χ0n) is 8.25. The van der Waals surface area contributed by atoms with Crippen molar-refractivity contribution in [2.24, 2.45) is 5.92 Å². The summed E-state index contributed by atoms with van der Waals surface area (Å²) in [7, 11) is 0. The zero-order chi connectivity index (χ0) is 10.6. The van der Waals surface area contributed by atoms with Crippen LogP contribution in [0, 0.1) is 5.92 Å². The maximum Gasteiger partial charge on any atom is 0.228 e. The lowest BCUT2D eigenvalue weighted by molar-refractivity contribution is -0.119. The monoisotopic (exact) mass is 212 g/mol. The van der Waals surface area contributed by atoms with E-state index in [-0.39, 0.29) is 11.8 Å². The molecule has 0 aliphatic rings. The van der Waals surface area contributed by atoms with Gasteiger partial charge in [-0.1, -0.05) is 25.4 Å². The number of amides is 1. The molecule has 0 aliphatic carbocycles. The van der Waals surface area contributed by atoms with Crippen molar-refractivity contribution in [3.05, 3.63) is 23.4 Å². The second-order valence-corrected chi connectivity index (χ2v) is 3.60. The summed E-state index contributed by atoms with van der Waals surface area (Å²) >= 11 is 5.66. The van der Waals surface area contributed by atoms with E-state index < -0.39 is 0 Å². The Kier molecular flexibility index (Phi) is 3.89. The fourth-order valence-electron chi connectivity index (χ4n) is 0.885. The van der Waals surface area contributed by atoms with Gasteiger partial charge in [0.15, 0.2) is 0 Å². The van der Waals surface area contributed by atoms with Crippen molar-refractivity contribution in [2.75, 3.05) is 5.32 Å². The van der Waals surface area contributed by atoms with Crippen LogP contribution < -0.4 is 5.32 Å². The minimum Gasteiger partial charge on any atom is -0.310 e. The predicted octanol–water partition coefficient (Wildman–Crippen LogP) is 2.72. The quantitative estimate of drug-likeness (QED) is 0.837. The second kappa shape index (κ2) is 4.96. The van der Waals surface area contributed by atoms with Crippen molar-refractivity contribution in [2.45, 2.75) is 20.3 Å². The molecule has 3 nitrogen and oxygen atoms in total. The Morgan fingerprint density at radius 2 is 2.36 bits per heavy atom. The molecule has 0 saturated heterocycles. The van der Waals surface area contributed by atoms with Crippen molar-refractivity contribution < 1.29 is 4.79 Å². The first-order chi connectivity index (χ1) is 6.63. The number of hydrogen-bond donors (Lipinski definition) is 1. The summed E-state index contributed by atoms with van der Waals surface area (Å²) < 4.78 is 0. The molecule has 0 fully saturated rings. The third-order valence-electron chi connectivity index (χ3n) is 2.04. The van der Waals surface area contributed by atoms with Gasteiger partial charge in [0.2, 0.25) is 5.91 Å². The molecular formula is C10H13ClN2O. The van der Waals surface area contributed by atoms with E-state index >= 15 is 0 Å². The van der Waals surface area contributed by atoms with E-state index in [1.54, 1.807) is 12.1 Å². The van der Waals surface area contributed by atoms with Gasteiger partial charge in [0.05, 0.1) is 5.02 Å². The van der Waals surface area contributed by atoms with E-state index in [0.29, 0.717) is 10.8 Å². The van der Waals surface area contributed by atoms with Gasteiger partial charge in [0.1, 0.15) is 5.82 Å². The number of carbonyl (C=O) groups excluding carboxylic acids is 1. The molecule has 14 heavy (non-hydrogen) atoms. The molecule has 1 amide bonds. The third kappa shape index (κ3) is 3.00. The number of rotatable bonds is 3. The Morgan fingerprint density at radius 1 is 1.64 bits per heavy atom. The van der Waals surface area contributed by atoms with Gasteiger partial charge < -0.3 is 5.32 Å². The molecule has 1 rings (SSSR count). The number of nitrogens with zero attached hydrogens (tertiary/aromatic N) is 1. The fourth-order valence-corrected chi connectivity index (χ4v) is 0.996. The summed E-state index contributed by atoms with van der Waals surface area (Å²) in [6, 6.07) is 3.38. The van der Waals surface area contributed by atoms with Crippen molar-refractivity contribution in [3.8, 4) is 0 Å². The van der Waals surface area contributed by atoms with Crippen LogP contribution in [0.4, 0.5) is 5.82 Å². The molecule has 1 aromatic rings. The summed E-state index contributed by atoms with van der Waals surface area (Å²) in [6.07, 6.45) is 2.33. The molecule has 4 heteroatoms. The molecule has 0 aromatic carbocycles. The zero-order valence-corrected chi connectivity index (χ0v) is 9.01. The first-order valence-electron chi connectivity index (χ1n) is 4.56. The van der Waals surface area contributed by atoms with Crippen LogP contribution in [0.3, 0.4) is 0 Å². The smallest absolute Gasteiger partial charge is 0.228 e. The highest BCUT2D eigenvalue weighted by Crippen LogP contribution is 2.11. The van der Waals surface area contributed by atoms with Crippen molar-refractivity contribution in [1.29, 1.82) is 0 Å². The molecule has 1 heterocycles. The van der Waals surface area contributed by atoms with Gasteiger partial charge in [-0.2, -0.15) is 0 Å². The SMILES string of the molecule is CCC(C)C(=O)Nc1ccc(Cl)cn1. The predicted molar refractivity (Wildman–Crippen MR) is 57.3 cm³/mol. The molecule has 1 N–H and O–H groups in total. The van der Waals surface area contributed by atoms with Crippen LogP contribution in [0.15, 0.2) is 18.3 Å². The minimum absolute atomic E-state index is 0.00692. The number of pyridine rings is 1. The number of anilines is 1. The molecule has 0 saturated carbocycles. The maximum absolute atomic E-state index is 11.4. The van der Waals surface area contributed by atoms with E-state index in [1.807, 2.05) is 13.8 Å². The van der Waals surface area contributed by atoms with Gasteiger partial charge in [0, 0.05) is 12.1 Å². The Balaban J connectivity index is 2.60. The number of nitrogens with one attached hydrogen (secondary N) is 1. The highest BCUT2D eigenvalue weighted by molar-refractivity contribution is 6.30. The van der Waals surface area contributed by atoms with Crippen molar-refractivity contribution in [1.82, 2.24) is 4.98 Å². The first-order valence-corrected chi connectivity index (χ1v) is 4.93. The van der Waals surface area contributed by atoms with E-state index in [0.717, 1.165) is 6.42 Å². The summed E-state index contributed by atoms with van der Waals surface area (Å²) in [5.41, 5.74) is 0. The average molecular weight is 213 g/mol. The van der Waals surface area contributed by atoms with Crippen molar-refractivity contribution >= 4 is 23.3 Å². The molecule has 1 aromatic heterocycles. The molecular weight excluding hydrogens is 200 g/mol. The third-order valence-corrected chi connectivity index (χ3v) is 2.26. The molecule has 0 bridgehead atoms. The summed E-state index contributed by atoms with van der Waals surface area (Å²) in [6.45, 7) is 3.85. The standard InChI is InChI=1S/C10H13ClN2O/c1-3-7(2)10(14)13-9-5-4-8(11)6-12-9/h4-7H,3H2,1-2H3,(H,12,13,14). The van der Waals surface area contributed by atoms with Crippen LogP contribution in [0.25, 0.3) is 0 Å². The Morgan fingerprint density at radius 3 is 2.86 bits per heavy atom. The lowest BCUT2D eigenvalue weighted by Gasteiger charge is -2.08. The van der Waals surface area contributed by atoms with Gasteiger partial charge >= 0.3 is 0 Å². The molecule has 1 atom stereocenters. The van der Waals surface area contributed by atoms with E-state index in [9.17, 15) is 4.79 Å². The summed E-state index contributed by atoms with van der Waals surface area (Å²) in [5, 5.41) is 3.27. The van der Waals surface area contributed by atoms with E-state index in [4.69, 9.17) is 11.6 Å². The lowest BCUT2D eigenvalue weighted by Crippen LogP contribution is -2.20. The highest BCUT2D eigenvalue weighted by Gasteiger charge is 2.10.